The molecule has 1 aromatic carbocycles. The molecule has 8 nitrogen and oxygen atoms in total. The first-order chi connectivity index (χ1) is 14.5. The summed E-state index contributed by atoms with van der Waals surface area (Å²) in [7, 11) is 3.83. The molecule has 0 spiro atoms. The van der Waals surface area contributed by atoms with E-state index < -0.39 is 0 Å². The van der Waals surface area contributed by atoms with Crippen LogP contribution in [0.3, 0.4) is 0 Å². The number of fused-ring (bicyclic) bond motifs is 2. The van der Waals surface area contributed by atoms with E-state index in [1.165, 1.54) is 11.1 Å². The zero-order chi connectivity index (χ0) is 20.8. The smallest absolute Gasteiger partial charge is 0.229 e. The lowest BCUT2D eigenvalue weighted by Crippen LogP contribution is -2.26. The predicted octanol–water partition coefficient (Wildman–Crippen LogP) is 2.96. The summed E-state index contributed by atoms with van der Waals surface area (Å²) < 4.78 is 7.61. The van der Waals surface area contributed by atoms with Crippen LogP contribution < -0.4 is 10.1 Å². The van der Waals surface area contributed by atoms with E-state index >= 15 is 0 Å². The molecule has 2 atom stereocenters. The molecule has 0 radical (unpaired) electrons. The highest BCUT2D eigenvalue weighted by Gasteiger charge is 2.27. The first-order valence-electron chi connectivity index (χ1n) is 10.6. The molecule has 3 heterocycles. The summed E-state index contributed by atoms with van der Waals surface area (Å²) in [6.07, 6.45) is 5.03. The number of aliphatic hydroxyl groups excluding tert-OH is 1. The average molecular weight is 409 g/mol. The average Bonchev–Trinajstić information content (AvgIpc) is 3.30. The second kappa shape index (κ2) is 7.52. The Morgan fingerprint density at radius 3 is 2.87 bits per heavy atom. The van der Waals surface area contributed by atoms with Crippen molar-refractivity contribution in [3.8, 4) is 5.75 Å². The van der Waals surface area contributed by atoms with Crippen molar-refractivity contribution < 1.29 is 9.84 Å². The molecule has 1 aliphatic carbocycles. The van der Waals surface area contributed by atoms with Gasteiger partial charge in [-0.15, -0.1) is 0 Å². The van der Waals surface area contributed by atoms with Crippen molar-refractivity contribution in [2.24, 2.45) is 0 Å². The van der Waals surface area contributed by atoms with E-state index in [0.717, 1.165) is 66.9 Å². The summed E-state index contributed by atoms with van der Waals surface area (Å²) in [5.41, 5.74) is 5.22. The van der Waals surface area contributed by atoms with E-state index in [1.54, 1.807) is 7.11 Å². The van der Waals surface area contributed by atoms with Gasteiger partial charge >= 0.3 is 0 Å². The molecule has 2 aliphatic rings. The van der Waals surface area contributed by atoms with Crippen LogP contribution in [0.5, 0.6) is 5.75 Å². The van der Waals surface area contributed by atoms with Crippen molar-refractivity contribution >= 4 is 22.7 Å². The molecule has 2 N–H and O–H groups in total. The molecule has 1 saturated carbocycles. The van der Waals surface area contributed by atoms with Gasteiger partial charge in [-0.05, 0) is 62.9 Å². The first-order valence-corrected chi connectivity index (χ1v) is 10.6. The van der Waals surface area contributed by atoms with E-state index in [-0.39, 0.29) is 12.1 Å². The zero-order valence-corrected chi connectivity index (χ0v) is 17.7. The fourth-order valence-electron chi connectivity index (χ4n) is 4.65. The lowest BCUT2D eigenvalue weighted by atomic mass is 9.99. The minimum absolute atomic E-state index is 0.174. The SMILES string of the molecule is COc1cc2c(cc1Nc1ncc3c(C)nn(C4CCC(O)C4)c3n1)CN(C)CC2. The Morgan fingerprint density at radius 2 is 2.10 bits per heavy atom. The highest BCUT2D eigenvalue weighted by Crippen LogP contribution is 2.35. The second-order valence-corrected chi connectivity index (χ2v) is 8.52. The quantitative estimate of drug-likeness (QED) is 0.686. The summed E-state index contributed by atoms with van der Waals surface area (Å²) >= 11 is 0. The summed E-state index contributed by atoms with van der Waals surface area (Å²) in [5, 5.41) is 19.0. The van der Waals surface area contributed by atoms with Gasteiger partial charge in [-0.3, -0.25) is 0 Å². The Hall–Kier alpha value is -2.71. The molecule has 1 fully saturated rings. The zero-order valence-electron chi connectivity index (χ0n) is 17.7. The van der Waals surface area contributed by atoms with Crippen LogP contribution in [0.15, 0.2) is 18.3 Å². The number of anilines is 2. The number of methoxy groups -OCH3 is 1. The number of likely N-dealkylation sites (N-methyl/N-ethyl adjacent to an activating group) is 1. The van der Waals surface area contributed by atoms with Gasteiger partial charge in [0.05, 0.1) is 36.0 Å². The minimum Gasteiger partial charge on any atom is -0.495 e. The molecular formula is C22H28N6O2. The van der Waals surface area contributed by atoms with Crippen LogP contribution >= 0.6 is 0 Å². The highest BCUT2D eigenvalue weighted by atomic mass is 16.5. The van der Waals surface area contributed by atoms with Crippen molar-refractivity contribution in [1.29, 1.82) is 0 Å². The number of nitrogens with one attached hydrogen (secondary N) is 1. The number of aliphatic hydroxyl groups is 1. The summed E-state index contributed by atoms with van der Waals surface area (Å²) in [4.78, 5) is 11.6. The molecule has 158 valence electrons. The number of nitrogens with zero attached hydrogens (tertiary/aromatic N) is 5. The second-order valence-electron chi connectivity index (χ2n) is 8.52. The van der Waals surface area contributed by atoms with E-state index in [0.29, 0.717) is 5.95 Å². The number of aryl methyl sites for hydroxylation is 1. The van der Waals surface area contributed by atoms with Crippen molar-refractivity contribution in [1.82, 2.24) is 24.6 Å². The third-order valence-electron chi connectivity index (χ3n) is 6.33. The molecule has 2 unspecified atom stereocenters. The van der Waals surface area contributed by atoms with Gasteiger partial charge in [0.1, 0.15) is 5.75 Å². The lowest BCUT2D eigenvalue weighted by Gasteiger charge is -2.26. The summed E-state index contributed by atoms with van der Waals surface area (Å²) in [6, 6.07) is 4.44. The standard InChI is InChI=1S/C22H28N6O2/c1-13-18-11-23-22(25-21(18)28(26-13)16-4-5-17(29)10-16)24-19-8-15-12-27(2)7-6-14(15)9-20(19)30-3/h8-9,11,16-17,29H,4-7,10,12H2,1-3H3,(H,23,24,25). The van der Waals surface area contributed by atoms with Crippen LogP contribution in [0.4, 0.5) is 11.6 Å². The van der Waals surface area contributed by atoms with Gasteiger partial charge in [-0.2, -0.15) is 10.1 Å². The molecule has 30 heavy (non-hydrogen) atoms. The monoisotopic (exact) mass is 408 g/mol. The molecule has 1 aliphatic heterocycles. The molecular weight excluding hydrogens is 380 g/mol. The molecule has 3 aromatic rings. The van der Waals surface area contributed by atoms with E-state index in [4.69, 9.17) is 14.8 Å². The fourth-order valence-corrected chi connectivity index (χ4v) is 4.65. The van der Waals surface area contributed by atoms with Crippen molar-refractivity contribution in [3.63, 3.8) is 0 Å². The Balaban J connectivity index is 1.51. The minimum atomic E-state index is -0.258. The van der Waals surface area contributed by atoms with Crippen molar-refractivity contribution in [3.05, 3.63) is 35.2 Å². The van der Waals surface area contributed by atoms with Crippen LogP contribution in [-0.2, 0) is 13.0 Å². The Kier molecular flexibility index (Phi) is 4.83. The van der Waals surface area contributed by atoms with Gasteiger partial charge < -0.3 is 20.1 Å². The number of aromatic nitrogens is 4. The van der Waals surface area contributed by atoms with Crippen LogP contribution in [0, 0.1) is 6.92 Å². The Labute approximate surface area is 175 Å². The maximum Gasteiger partial charge on any atom is 0.229 e. The molecule has 8 heteroatoms. The van der Waals surface area contributed by atoms with Crippen LogP contribution in [0.1, 0.15) is 42.1 Å². The molecule has 0 saturated heterocycles. The van der Waals surface area contributed by atoms with Gasteiger partial charge in [0.25, 0.3) is 0 Å². The van der Waals surface area contributed by atoms with Gasteiger partial charge in [-0.1, -0.05) is 0 Å². The van der Waals surface area contributed by atoms with Crippen LogP contribution in [-0.4, -0.2) is 56.6 Å². The molecule has 0 bridgehead atoms. The third-order valence-corrected chi connectivity index (χ3v) is 6.33. The van der Waals surface area contributed by atoms with Gasteiger partial charge in [0.2, 0.25) is 5.95 Å². The largest absolute Gasteiger partial charge is 0.495 e. The van der Waals surface area contributed by atoms with E-state index in [9.17, 15) is 5.11 Å². The van der Waals surface area contributed by atoms with Crippen LogP contribution in [0.2, 0.25) is 0 Å². The maximum absolute atomic E-state index is 9.96. The Bertz CT molecular complexity index is 1090. The molecule has 5 rings (SSSR count). The van der Waals surface area contributed by atoms with Crippen LogP contribution in [0.25, 0.3) is 11.0 Å². The van der Waals surface area contributed by atoms with Crippen molar-refractivity contribution in [2.75, 3.05) is 26.0 Å². The third kappa shape index (κ3) is 3.40. The number of hydrogen-bond donors (Lipinski definition) is 2. The van der Waals surface area contributed by atoms with Gasteiger partial charge in [0.15, 0.2) is 5.65 Å². The summed E-state index contributed by atoms with van der Waals surface area (Å²) in [5.74, 6) is 1.32. The van der Waals surface area contributed by atoms with E-state index in [2.05, 4.69) is 34.4 Å². The van der Waals surface area contributed by atoms with Crippen molar-refractivity contribution in [2.45, 2.75) is 51.3 Å². The number of ether oxygens (including phenoxy) is 1. The first kappa shape index (κ1) is 19.3. The normalized spacial score (nSPS) is 21.7. The lowest BCUT2D eigenvalue weighted by molar-refractivity contribution is 0.177. The van der Waals surface area contributed by atoms with Gasteiger partial charge in [0, 0.05) is 19.3 Å². The molecule has 2 aromatic heterocycles. The van der Waals surface area contributed by atoms with Gasteiger partial charge in [-0.25, -0.2) is 9.67 Å². The topological polar surface area (TPSA) is 88.3 Å². The number of hydrogen-bond acceptors (Lipinski definition) is 7. The maximum atomic E-state index is 9.96. The van der Waals surface area contributed by atoms with E-state index in [1.807, 2.05) is 17.8 Å². The number of rotatable bonds is 4. The number of benzene rings is 1. The molecule has 0 amide bonds. The predicted molar refractivity (Wildman–Crippen MR) is 115 cm³/mol. The summed E-state index contributed by atoms with van der Waals surface area (Å²) in [6.45, 7) is 3.95. The fraction of sp³-hybridized carbons (Fsp3) is 0.500. The highest BCUT2D eigenvalue weighted by molar-refractivity contribution is 5.79. The Morgan fingerprint density at radius 1 is 1.23 bits per heavy atom.